The first-order valence-electron chi connectivity index (χ1n) is 6.20. The van der Waals surface area contributed by atoms with Gasteiger partial charge in [-0.1, -0.05) is 39.0 Å². The number of phosphoric acid groups is 1. The van der Waals surface area contributed by atoms with E-state index in [0.29, 0.717) is 6.42 Å². The van der Waals surface area contributed by atoms with Gasteiger partial charge in [-0.3, -0.25) is 9.05 Å². The van der Waals surface area contributed by atoms with Crippen LogP contribution < -0.4 is 0 Å². The molecule has 0 aliphatic carbocycles. The molecule has 7 heteroatoms. The third-order valence-corrected chi connectivity index (χ3v) is 3.29. The Balaban J connectivity index is 3.52. The summed E-state index contributed by atoms with van der Waals surface area (Å²) in [5.74, 6) is -0.715. The first-order chi connectivity index (χ1) is 8.52. The van der Waals surface area contributed by atoms with Crippen molar-refractivity contribution in [2.45, 2.75) is 45.4 Å². The molecule has 108 valence electrons. The average molecular weight is 282 g/mol. The molecule has 0 bridgehead atoms. The molecule has 0 aromatic carbocycles. The first kappa shape index (κ1) is 17.6. The van der Waals surface area contributed by atoms with Gasteiger partial charge in [-0.05, 0) is 6.42 Å². The van der Waals surface area contributed by atoms with E-state index in [1.165, 1.54) is 26.4 Å². The predicted octanol–water partition coefficient (Wildman–Crippen LogP) is 2.65. The molecule has 0 aromatic rings. The molecule has 0 rings (SSSR count). The standard InChI is InChI=1S/C11H23O6P/c1-3-4-5-6-7-8-9-16-18(13,14)17-10-11(12)15-2/h3-10H2,1-2H3,(H,13,14). The number of carbonyl (C=O) groups is 1. The lowest BCUT2D eigenvalue weighted by atomic mass is 10.1. The van der Waals surface area contributed by atoms with E-state index in [2.05, 4.69) is 16.2 Å². The number of esters is 1. The van der Waals surface area contributed by atoms with Crippen LogP contribution in [0.2, 0.25) is 0 Å². The highest BCUT2D eigenvalue weighted by atomic mass is 31.2. The Morgan fingerprint density at radius 1 is 1.11 bits per heavy atom. The molecule has 18 heavy (non-hydrogen) atoms. The molecule has 0 spiro atoms. The van der Waals surface area contributed by atoms with Crippen molar-refractivity contribution in [1.29, 1.82) is 0 Å². The summed E-state index contributed by atoms with van der Waals surface area (Å²) in [6, 6.07) is 0. The second-order valence-corrected chi connectivity index (χ2v) is 5.37. The predicted molar refractivity (Wildman–Crippen MR) is 67.1 cm³/mol. The van der Waals surface area contributed by atoms with Crippen LogP contribution in [-0.4, -0.2) is 31.2 Å². The smallest absolute Gasteiger partial charge is 0.467 e. The molecule has 6 nitrogen and oxygen atoms in total. The van der Waals surface area contributed by atoms with Gasteiger partial charge >= 0.3 is 13.8 Å². The second-order valence-electron chi connectivity index (χ2n) is 3.92. The van der Waals surface area contributed by atoms with Crippen LogP contribution in [0.4, 0.5) is 0 Å². The number of hydrogen-bond donors (Lipinski definition) is 1. The van der Waals surface area contributed by atoms with Gasteiger partial charge in [0.1, 0.15) is 0 Å². The van der Waals surface area contributed by atoms with Gasteiger partial charge in [0.25, 0.3) is 0 Å². The molecule has 0 aliphatic heterocycles. The van der Waals surface area contributed by atoms with E-state index in [0.717, 1.165) is 12.8 Å². The number of phosphoric ester groups is 1. The van der Waals surface area contributed by atoms with E-state index in [1.54, 1.807) is 0 Å². The van der Waals surface area contributed by atoms with Gasteiger partial charge in [0.15, 0.2) is 6.61 Å². The maximum Gasteiger partial charge on any atom is 0.472 e. The van der Waals surface area contributed by atoms with Crippen LogP contribution >= 0.6 is 7.82 Å². The minimum absolute atomic E-state index is 0.154. The molecule has 0 aromatic heterocycles. The minimum Gasteiger partial charge on any atom is -0.467 e. The number of rotatable bonds is 11. The van der Waals surface area contributed by atoms with E-state index >= 15 is 0 Å². The van der Waals surface area contributed by atoms with Gasteiger partial charge in [0.2, 0.25) is 0 Å². The Labute approximate surface area is 108 Å². The average Bonchev–Trinajstić information content (AvgIpc) is 2.35. The summed E-state index contributed by atoms with van der Waals surface area (Å²) < 4.78 is 24.7. The summed E-state index contributed by atoms with van der Waals surface area (Å²) >= 11 is 0. The van der Waals surface area contributed by atoms with Crippen LogP contribution in [0.1, 0.15) is 45.4 Å². The molecule has 0 saturated carbocycles. The van der Waals surface area contributed by atoms with Crippen LogP contribution in [0.3, 0.4) is 0 Å². The normalized spacial score (nSPS) is 14.2. The highest BCUT2D eigenvalue weighted by Gasteiger charge is 2.22. The number of unbranched alkanes of at least 4 members (excludes halogenated alkanes) is 5. The van der Waals surface area contributed by atoms with Gasteiger partial charge in [-0.2, -0.15) is 0 Å². The topological polar surface area (TPSA) is 82.1 Å². The third-order valence-electron chi connectivity index (χ3n) is 2.33. The Morgan fingerprint density at radius 2 is 1.72 bits per heavy atom. The monoisotopic (exact) mass is 282 g/mol. The van der Waals surface area contributed by atoms with Crippen LogP contribution in [0, 0.1) is 0 Å². The van der Waals surface area contributed by atoms with Gasteiger partial charge in [-0.25, -0.2) is 9.36 Å². The van der Waals surface area contributed by atoms with Gasteiger partial charge in [-0.15, -0.1) is 0 Å². The van der Waals surface area contributed by atoms with Crippen LogP contribution in [0.5, 0.6) is 0 Å². The lowest BCUT2D eigenvalue weighted by Gasteiger charge is -2.11. The van der Waals surface area contributed by atoms with E-state index in [1.807, 2.05) is 0 Å². The van der Waals surface area contributed by atoms with Crippen LogP contribution in [-0.2, 0) is 23.1 Å². The molecule has 0 saturated heterocycles. The molecule has 1 atom stereocenters. The highest BCUT2D eigenvalue weighted by Crippen LogP contribution is 2.43. The van der Waals surface area contributed by atoms with Gasteiger partial charge < -0.3 is 9.63 Å². The Kier molecular flexibility index (Phi) is 10.3. The number of ether oxygens (including phenoxy) is 1. The van der Waals surface area contributed by atoms with Crippen molar-refractivity contribution in [3.8, 4) is 0 Å². The maximum absolute atomic E-state index is 11.3. The lowest BCUT2D eigenvalue weighted by Crippen LogP contribution is -2.10. The summed E-state index contributed by atoms with van der Waals surface area (Å²) in [4.78, 5) is 19.9. The van der Waals surface area contributed by atoms with Crippen molar-refractivity contribution in [1.82, 2.24) is 0 Å². The molecule has 0 aliphatic rings. The van der Waals surface area contributed by atoms with Crippen LogP contribution in [0.15, 0.2) is 0 Å². The molecular formula is C11H23O6P. The van der Waals surface area contributed by atoms with Crippen molar-refractivity contribution in [2.75, 3.05) is 20.3 Å². The number of carbonyl (C=O) groups excluding carboxylic acids is 1. The zero-order valence-corrected chi connectivity index (χ0v) is 12.0. The fourth-order valence-corrected chi connectivity index (χ4v) is 2.00. The van der Waals surface area contributed by atoms with E-state index in [9.17, 15) is 14.3 Å². The number of methoxy groups -OCH3 is 1. The maximum atomic E-state index is 11.3. The summed E-state index contributed by atoms with van der Waals surface area (Å²) in [7, 11) is -2.95. The molecule has 0 fully saturated rings. The van der Waals surface area contributed by atoms with Gasteiger partial charge in [0, 0.05) is 0 Å². The number of hydrogen-bond acceptors (Lipinski definition) is 5. The summed E-state index contributed by atoms with van der Waals surface area (Å²) in [6.45, 7) is 1.71. The minimum atomic E-state index is -4.12. The Morgan fingerprint density at radius 3 is 2.33 bits per heavy atom. The Bertz CT molecular complexity index is 268. The first-order valence-corrected chi connectivity index (χ1v) is 7.70. The molecule has 1 unspecified atom stereocenters. The summed E-state index contributed by atoms with van der Waals surface area (Å²) in [5.41, 5.74) is 0. The molecule has 0 heterocycles. The second kappa shape index (κ2) is 10.5. The van der Waals surface area contributed by atoms with Crippen molar-refractivity contribution < 1.29 is 28.0 Å². The summed E-state index contributed by atoms with van der Waals surface area (Å²) in [6.07, 6.45) is 6.32. The SMILES string of the molecule is CCCCCCCCOP(=O)(O)OCC(=O)OC. The Hall–Kier alpha value is -0.420. The zero-order valence-electron chi connectivity index (χ0n) is 11.1. The molecule has 0 amide bonds. The molecule has 1 N–H and O–H groups in total. The van der Waals surface area contributed by atoms with Crippen molar-refractivity contribution in [2.24, 2.45) is 0 Å². The fourth-order valence-electron chi connectivity index (χ4n) is 1.29. The van der Waals surface area contributed by atoms with E-state index in [-0.39, 0.29) is 6.61 Å². The fraction of sp³-hybridized carbons (Fsp3) is 0.909. The summed E-state index contributed by atoms with van der Waals surface area (Å²) in [5, 5.41) is 0. The molecular weight excluding hydrogens is 259 g/mol. The third kappa shape index (κ3) is 10.7. The van der Waals surface area contributed by atoms with Crippen molar-refractivity contribution >= 4 is 13.8 Å². The highest BCUT2D eigenvalue weighted by molar-refractivity contribution is 7.47. The quantitative estimate of drug-likeness (QED) is 0.356. The van der Waals surface area contributed by atoms with E-state index in [4.69, 9.17) is 4.52 Å². The van der Waals surface area contributed by atoms with Gasteiger partial charge in [0.05, 0.1) is 13.7 Å². The molecule has 0 radical (unpaired) electrons. The van der Waals surface area contributed by atoms with Crippen LogP contribution in [0.25, 0.3) is 0 Å². The lowest BCUT2D eigenvalue weighted by molar-refractivity contribution is -0.143. The zero-order chi connectivity index (χ0) is 13.9. The van der Waals surface area contributed by atoms with Crippen molar-refractivity contribution in [3.63, 3.8) is 0 Å². The largest absolute Gasteiger partial charge is 0.472 e. The van der Waals surface area contributed by atoms with Crippen molar-refractivity contribution in [3.05, 3.63) is 0 Å². The van der Waals surface area contributed by atoms with E-state index < -0.39 is 20.4 Å².